The molecule has 2 fully saturated rings. The van der Waals surface area contributed by atoms with E-state index in [4.69, 9.17) is 16.6 Å². The SMILES string of the molecule is Cc1cc(C(C)Nc2ccc(Cl)nc2C(=O)O)c2nc(N3CCC(N4CCCCC4=O)CC3)c(C#N)nc2c1. The van der Waals surface area contributed by atoms with Gasteiger partial charge < -0.3 is 20.2 Å². The van der Waals surface area contributed by atoms with Crippen molar-refractivity contribution >= 4 is 46.0 Å². The van der Waals surface area contributed by atoms with E-state index in [0.29, 0.717) is 42.0 Å². The molecule has 2 aliphatic heterocycles. The predicted octanol–water partition coefficient (Wildman–Crippen LogP) is 4.71. The number of aromatic carboxylic acids is 1. The number of nitrogens with zero attached hydrogens (tertiary/aromatic N) is 6. The van der Waals surface area contributed by atoms with Gasteiger partial charge in [0.05, 0.1) is 22.8 Å². The number of likely N-dealkylation sites (tertiary alicyclic amines) is 1. The Bertz CT molecular complexity index is 1480. The van der Waals surface area contributed by atoms with Crippen molar-refractivity contribution in [1.82, 2.24) is 19.9 Å². The van der Waals surface area contributed by atoms with Crippen molar-refractivity contribution in [3.05, 3.63) is 51.9 Å². The highest BCUT2D eigenvalue weighted by atomic mass is 35.5. The van der Waals surface area contributed by atoms with Gasteiger partial charge in [0.25, 0.3) is 0 Å². The summed E-state index contributed by atoms with van der Waals surface area (Å²) in [5, 5.41) is 22.9. The number of benzene rings is 1. The predicted molar refractivity (Wildman–Crippen MR) is 148 cm³/mol. The van der Waals surface area contributed by atoms with Crippen LogP contribution >= 0.6 is 11.6 Å². The van der Waals surface area contributed by atoms with E-state index < -0.39 is 5.97 Å². The number of nitrogens with one attached hydrogen (secondary N) is 1. The Morgan fingerprint density at radius 1 is 1.18 bits per heavy atom. The largest absolute Gasteiger partial charge is 0.476 e. The lowest BCUT2D eigenvalue weighted by Gasteiger charge is -2.40. The number of pyridine rings is 1. The minimum Gasteiger partial charge on any atom is -0.476 e. The van der Waals surface area contributed by atoms with Gasteiger partial charge in [-0.05, 0) is 63.3 Å². The fourth-order valence-electron chi connectivity index (χ4n) is 5.58. The Hall–Kier alpha value is -3.97. The molecule has 0 aliphatic carbocycles. The molecule has 0 bridgehead atoms. The summed E-state index contributed by atoms with van der Waals surface area (Å²) in [4.78, 5) is 41.9. The van der Waals surface area contributed by atoms with Crippen LogP contribution in [0.15, 0.2) is 24.3 Å². The minimum atomic E-state index is -1.18. The third-order valence-corrected chi connectivity index (χ3v) is 7.71. The van der Waals surface area contributed by atoms with Crippen LogP contribution in [0.5, 0.6) is 0 Å². The lowest BCUT2D eigenvalue weighted by Crippen LogP contribution is -2.49. The number of carbonyl (C=O) groups excluding carboxylic acids is 1. The standard InChI is InChI=1S/C28H30ClN7O3/c1-16-13-19(17(2)31-20-6-7-23(29)33-26(20)28(38)39)25-21(14-16)32-22(15-30)27(34-25)35-11-8-18(9-12-35)36-10-4-3-5-24(36)37/h6-7,13-14,17-18,31H,3-5,8-12H2,1-2H3,(H,38,39). The van der Waals surface area contributed by atoms with Gasteiger partial charge in [0.2, 0.25) is 5.91 Å². The van der Waals surface area contributed by atoms with E-state index in [-0.39, 0.29) is 34.5 Å². The molecule has 0 saturated carbocycles. The Kier molecular flexibility index (Phi) is 7.53. The van der Waals surface area contributed by atoms with E-state index in [1.165, 1.54) is 6.07 Å². The Labute approximate surface area is 231 Å². The number of halogens is 1. The zero-order chi connectivity index (χ0) is 27.7. The van der Waals surface area contributed by atoms with Gasteiger partial charge in [-0.1, -0.05) is 17.7 Å². The average Bonchev–Trinajstić information content (AvgIpc) is 2.93. The third-order valence-electron chi connectivity index (χ3n) is 7.50. The molecule has 202 valence electrons. The summed E-state index contributed by atoms with van der Waals surface area (Å²) < 4.78 is 0. The van der Waals surface area contributed by atoms with E-state index >= 15 is 0 Å². The smallest absolute Gasteiger partial charge is 0.356 e. The highest BCUT2D eigenvalue weighted by molar-refractivity contribution is 6.29. The van der Waals surface area contributed by atoms with Crippen LogP contribution in [0.1, 0.15) is 72.4 Å². The second kappa shape index (κ2) is 11.0. The highest BCUT2D eigenvalue weighted by Crippen LogP contribution is 2.32. The molecule has 1 unspecified atom stereocenters. The number of carboxylic acids is 1. The molecule has 1 amide bonds. The number of hydrogen-bond acceptors (Lipinski definition) is 8. The van der Waals surface area contributed by atoms with Gasteiger partial charge in [0.1, 0.15) is 11.2 Å². The number of aryl methyl sites for hydroxylation is 1. The van der Waals surface area contributed by atoms with Gasteiger partial charge in [0, 0.05) is 37.7 Å². The second-order valence-electron chi connectivity index (χ2n) is 10.2. The number of nitriles is 1. The van der Waals surface area contributed by atoms with Crippen LogP contribution in [-0.4, -0.2) is 62.5 Å². The highest BCUT2D eigenvalue weighted by Gasteiger charge is 2.31. The molecule has 2 N–H and O–H groups in total. The average molecular weight is 548 g/mol. The van der Waals surface area contributed by atoms with Crippen molar-refractivity contribution in [2.45, 2.75) is 58.0 Å². The second-order valence-corrected chi connectivity index (χ2v) is 10.6. The maximum atomic E-state index is 12.4. The summed E-state index contributed by atoms with van der Waals surface area (Å²) in [5.74, 6) is -0.409. The fourth-order valence-corrected chi connectivity index (χ4v) is 5.72. The van der Waals surface area contributed by atoms with Crippen molar-refractivity contribution in [3.63, 3.8) is 0 Å². The number of amides is 1. The summed E-state index contributed by atoms with van der Waals surface area (Å²) in [7, 11) is 0. The van der Waals surface area contributed by atoms with Gasteiger partial charge in [-0.15, -0.1) is 0 Å². The normalized spacial score (nSPS) is 17.2. The molecular weight excluding hydrogens is 518 g/mol. The van der Waals surface area contributed by atoms with Crippen LogP contribution in [0.3, 0.4) is 0 Å². The fraction of sp³-hybridized carbons (Fsp3) is 0.429. The summed E-state index contributed by atoms with van der Waals surface area (Å²) in [5.41, 5.74) is 3.44. The first-order valence-corrected chi connectivity index (χ1v) is 13.6. The maximum absolute atomic E-state index is 12.4. The quantitative estimate of drug-likeness (QED) is 0.420. The van der Waals surface area contributed by atoms with Gasteiger partial charge in [-0.2, -0.15) is 5.26 Å². The van der Waals surface area contributed by atoms with Crippen molar-refractivity contribution in [2.24, 2.45) is 0 Å². The molecule has 10 nitrogen and oxygen atoms in total. The van der Waals surface area contributed by atoms with Crippen LogP contribution in [0.4, 0.5) is 11.5 Å². The number of fused-ring (bicyclic) bond motifs is 1. The van der Waals surface area contributed by atoms with Gasteiger partial charge in [-0.3, -0.25) is 4.79 Å². The molecule has 2 saturated heterocycles. The number of anilines is 2. The number of aromatic nitrogens is 3. The van der Waals surface area contributed by atoms with E-state index in [1.54, 1.807) is 6.07 Å². The first kappa shape index (κ1) is 26.6. The monoisotopic (exact) mass is 547 g/mol. The van der Waals surface area contributed by atoms with E-state index in [0.717, 1.165) is 43.4 Å². The molecule has 4 heterocycles. The van der Waals surface area contributed by atoms with Crippen LogP contribution in [-0.2, 0) is 4.79 Å². The Morgan fingerprint density at radius 2 is 1.95 bits per heavy atom. The minimum absolute atomic E-state index is 0.0968. The molecule has 2 aliphatic rings. The molecule has 5 rings (SSSR count). The molecule has 1 atom stereocenters. The number of hydrogen-bond donors (Lipinski definition) is 2. The first-order valence-electron chi connectivity index (χ1n) is 13.2. The van der Waals surface area contributed by atoms with Crippen molar-refractivity contribution < 1.29 is 14.7 Å². The Morgan fingerprint density at radius 3 is 2.64 bits per heavy atom. The number of rotatable bonds is 6. The molecule has 2 aromatic heterocycles. The molecule has 3 aromatic rings. The lowest BCUT2D eigenvalue weighted by atomic mass is 9.99. The van der Waals surface area contributed by atoms with Crippen LogP contribution < -0.4 is 10.2 Å². The molecule has 0 radical (unpaired) electrons. The summed E-state index contributed by atoms with van der Waals surface area (Å²) in [6.45, 7) is 6.03. The maximum Gasteiger partial charge on any atom is 0.356 e. The van der Waals surface area contributed by atoms with Gasteiger partial charge >= 0.3 is 5.97 Å². The van der Waals surface area contributed by atoms with E-state index in [9.17, 15) is 20.0 Å². The number of carbonyl (C=O) groups is 2. The molecule has 39 heavy (non-hydrogen) atoms. The van der Waals surface area contributed by atoms with E-state index in [2.05, 4.69) is 26.3 Å². The van der Waals surface area contributed by atoms with Gasteiger partial charge in [-0.25, -0.2) is 19.7 Å². The summed E-state index contributed by atoms with van der Waals surface area (Å²) in [6, 6.07) is 9.10. The number of carboxylic acid groups (broad SMARTS) is 1. The molecule has 1 aromatic carbocycles. The molecular formula is C28H30ClN7O3. The molecule has 11 heteroatoms. The van der Waals surface area contributed by atoms with Crippen LogP contribution in [0.25, 0.3) is 11.0 Å². The lowest BCUT2D eigenvalue weighted by molar-refractivity contribution is -0.136. The van der Waals surface area contributed by atoms with Crippen LogP contribution in [0, 0.1) is 18.3 Å². The zero-order valence-electron chi connectivity index (χ0n) is 21.9. The van der Waals surface area contributed by atoms with Gasteiger partial charge in [0.15, 0.2) is 17.2 Å². The number of piperidine rings is 2. The Balaban J connectivity index is 1.46. The van der Waals surface area contributed by atoms with E-state index in [1.807, 2.05) is 30.9 Å². The topological polar surface area (TPSA) is 135 Å². The molecule has 0 spiro atoms. The summed E-state index contributed by atoms with van der Waals surface area (Å²) >= 11 is 5.92. The van der Waals surface area contributed by atoms with Crippen LogP contribution in [0.2, 0.25) is 5.15 Å². The summed E-state index contributed by atoms with van der Waals surface area (Å²) in [6.07, 6.45) is 4.28. The van der Waals surface area contributed by atoms with Crippen molar-refractivity contribution in [1.29, 1.82) is 5.26 Å². The first-order chi connectivity index (χ1) is 18.7. The van der Waals surface area contributed by atoms with Crippen molar-refractivity contribution in [3.8, 4) is 6.07 Å². The van der Waals surface area contributed by atoms with Crippen molar-refractivity contribution in [2.75, 3.05) is 29.9 Å². The third kappa shape index (κ3) is 5.45. The zero-order valence-corrected chi connectivity index (χ0v) is 22.7.